The van der Waals surface area contributed by atoms with E-state index in [4.69, 9.17) is 10.2 Å². The molecule has 3 nitrogen and oxygen atoms in total. The molecule has 102 valence electrons. The van der Waals surface area contributed by atoms with E-state index in [0.29, 0.717) is 0 Å². The highest BCUT2D eigenvalue weighted by Crippen LogP contribution is 2.21. The largest absolute Gasteiger partial charge is 0.441 e. The molecule has 0 radical (unpaired) electrons. The molecule has 0 aliphatic rings. The minimum Gasteiger partial charge on any atom is -0.441 e. The highest BCUT2D eigenvalue weighted by Gasteiger charge is 2.10. The number of hydrogen-bond donors (Lipinski definition) is 1. The molecule has 1 unspecified atom stereocenters. The van der Waals surface area contributed by atoms with Gasteiger partial charge in [-0.15, -0.1) is 0 Å². The van der Waals surface area contributed by atoms with E-state index in [0.717, 1.165) is 41.0 Å². The average Bonchev–Trinajstić information content (AvgIpc) is 2.90. The molecular weight excluding hydrogens is 248 g/mol. The molecule has 0 saturated heterocycles. The maximum Gasteiger partial charge on any atom is 0.195 e. The number of rotatable bonds is 4. The molecule has 0 amide bonds. The van der Waals surface area contributed by atoms with Gasteiger partial charge >= 0.3 is 0 Å². The molecule has 0 aliphatic heterocycles. The van der Waals surface area contributed by atoms with Crippen molar-refractivity contribution in [2.45, 2.75) is 25.8 Å². The van der Waals surface area contributed by atoms with Crippen LogP contribution in [0.4, 0.5) is 0 Å². The summed E-state index contributed by atoms with van der Waals surface area (Å²) in [6.45, 7) is 2.05. The Morgan fingerprint density at radius 2 is 1.90 bits per heavy atom. The van der Waals surface area contributed by atoms with Gasteiger partial charge in [-0.25, -0.2) is 4.98 Å². The molecule has 0 bridgehead atoms. The van der Waals surface area contributed by atoms with E-state index in [9.17, 15) is 0 Å². The molecule has 3 aromatic rings. The van der Waals surface area contributed by atoms with Crippen molar-refractivity contribution >= 4 is 11.1 Å². The van der Waals surface area contributed by atoms with Crippen LogP contribution in [0.3, 0.4) is 0 Å². The summed E-state index contributed by atoms with van der Waals surface area (Å²) >= 11 is 0. The lowest BCUT2D eigenvalue weighted by Gasteiger charge is -2.10. The second-order valence-corrected chi connectivity index (χ2v) is 5.09. The Hall–Kier alpha value is -2.13. The minimum absolute atomic E-state index is 0.0207. The molecule has 20 heavy (non-hydrogen) atoms. The van der Waals surface area contributed by atoms with Crippen LogP contribution in [0.25, 0.3) is 11.1 Å². The van der Waals surface area contributed by atoms with Crippen LogP contribution in [0.2, 0.25) is 0 Å². The fourth-order valence-corrected chi connectivity index (χ4v) is 2.38. The third kappa shape index (κ3) is 2.58. The maximum absolute atomic E-state index is 6.20. The van der Waals surface area contributed by atoms with Crippen molar-refractivity contribution in [3.05, 3.63) is 65.5 Å². The molecule has 1 atom stereocenters. The lowest BCUT2D eigenvalue weighted by atomic mass is 10.0. The number of hydrogen-bond acceptors (Lipinski definition) is 3. The van der Waals surface area contributed by atoms with E-state index in [1.54, 1.807) is 0 Å². The Kier molecular flexibility index (Phi) is 3.52. The lowest BCUT2D eigenvalue weighted by molar-refractivity contribution is 0.501. The SMILES string of the molecule is Cc1cccc2oc(CCC(N)c3ccccc3)nc12. The van der Waals surface area contributed by atoms with Crippen molar-refractivity contribution in [3.63, 3.8) is 0 Å². The summed E-state index contributed by atoms with van der Waals surface area (Å²) in [6, 6.07) is 16.1. The van der Waals surface area contributed by atoms with E-state index in [1.165, 1.54) is 0 Å². The molecule has 1 heterocycles. The summed E-state index contributed by atoms with van der Waals surface area (Å²) in [5, 5.41) is 0. The number of fused-ring (bicyclic) bond motifs is 1. The number of benzene rings is 2. The van der Waals surface area contributed by atoms with Crippen molar-refractivity contribution in [2.24, 2.45) is 5.73 Å². The fraction of sp³-hybridized carbons (Fsp3) is 0.235. The third-order valence-corrected chi connectivity index (χ3v) is 3.56. The van der Waals surface area contributed by atoms with Gasteiger partial charge in [0.05, 0.1) is 0 Å². The van der Waals surface area contributed by atoms with Crippen LogP contribution in [-0.2, 0) is 6.42 Å². The molecule has 3 rings (SSSR count). The second kappa shape index (κ2) is 5.47. The van der Waals surface area contributed by atoms with Gasteiger partial charge in [0.2, 0.25) is 0 Å². The van der Waals surface area contributed by atoms with Gasteiger partial charge in [0.1, 0.15) is 5.52 Å². The monoisotopic (exact) mass is 266 g/mol. The molecule has 0 aliphatic carbocycles. The normalized spacial score (nSPS) is 12.7. The number of nitrogens with two attached hydrogens (primary N) is 1. The van der Waals surface area contributed by atoms with Crippen LogP contribution < -0.4 is 5.73 Å². The van der Waals surface area contributed by atoms with Gasteiger partial charge in [-0.1, -0.05) is 42.5 Å². The van der Waals surface area contributed by atoms with Crippen molar-refractivity contribution in [1.82, 2.24) is 4.98 Å². The first kappa shape index (κ1) is 12.9. The quantitative estimate of drug-likeness (QED) is 0.782. The van der Waals surface area contributed by atoms with Crippen LogP contribution in [0.1, 0.15) is 29.5 Å². The number of aryl methyl sites for hydroxylation is 2. The topological polar surface area (TPSA) is 52.0 Å². The summed E-state index contributed by atoms with van der Waals surface area (Å²) in [6.07, 6.45) is 1.58. The summed E-state index contributed by atoms with van der Waals surface area (Å²) in [4.78, 5) is 4.56. The standard InChI is InChI=1S/C17H18N2O/c1-12-6-5-9-15-17(12)19-16(20-15)11-10-14(18)13-7-3-2-4-8-13/h2-9,14H,10-11,18H2,1H3. The van der Waals surface area contributed by atoms with E-state index < -0.39 is 0 Å². The van der Waals surface area contributed by atoms with Gasteiger partial charge in [0.15, 0.2) is 11.5 Å². The molecule has 1 aromatic heterocycles. The molecule has 3 heteroatoms. The number of oxazole rings is 1. The van der Waals surface area contributed by atoms with Crippen molar-refractivity contribution < 1.29 is 4.42 Å². The second-order valence-electron chi connectivity index (χ2n) is 5.09. The van der Waals surface area contributed by atoms with Crippen molar-refractivity contribution in [2.75, 3.05) is 0 Å². The van der Waals surface area contributed by atoms with Gasteiger partial charge in [-0.2, -0.15) is 0 Å². The minimum atomic E-state index is 0.0207. The van der Waals surface area contributed by atoms with E-state index in [-0.39, 0.29) is 6.04 Å². The van der Waals surface area contributed by atoms with Gasteiger partial charge in [-0.3, -0.25) is 0 Å². The molecule has 0 spiro atoms. The number of nitrogens with zero attached hydrogens (tertiary/aromatic N) is 1. The summed E-state index contributed by atoms with van der Waals surface area (Å²) in [5.74, 6) is 0.765. The van der Waals surface area contributed by atoms with Gasteiger partial charge in [0.25, 0.3) is 0 Å². The zero-order chi connectivity index (χ0) is 13.9. The highest BCUT2D eigenvalue weighted by atomic mass is 16.3. The van der Waals surface area contributed by atoms with Crippen LogP contribution in [0.15, 0.2) is 52.9 Å². The average molecular weight is 266 g/mol. The Morgan fingerprint density at radius 3 is 2.65 bits per heavy atom. The van der Waals surface area contributed by atoms with Crippen molar-refractivity contribution in [1.29, 1.82) is 0 Å². The van der Waals surface area contributed by atoms with Gasteiger partial charge < -0.3 is 10.2 Å². The third-order valence-electron chi connectivity index (χ3n) is 3.56. The summed E-state index contributed by atoms with van der Waals surface area (Å²) in [7, 11) is 0. The van der Waals surface area contributed by atoms with Crippen LogP contribution in [-0.4, -0.2) is 4.98 Å². The smallest absolute Gasteiger partial charge is 0.195 e. The highest BCUT2D eigenvalue weighted by molar-refractivity contribution is 5.76. The zero-order valence-corrected chi connectivity index (χ0v) is 11.5. The first-order valence-electron chi connectivity index (χ1n) is 6.89. The lowest BCUT2D eigenvalue weighted by Crippen LogP contribution is -2.11. The van der Waals surface area contributed by atoms with E-state index in [2.05, 4.69) is 17.1 Å². The van der Waals surface area contributed by atoms with E-state index >= 15 is 0 Å². The number of para-hydroxylation sites is 1. The Morgan fingerprint density at radius 1 is 1.10 bits per heavy atom. The predicted molar refractivity (Wildman–Crippen MR) is 80.4 cm³/mol. The molecule has 0 fully saturated rings. The van der Waals surface area contributed by atoms with Crippen LogP contribution in [0.5, 0.6) is 0 Å². The maximum atomic E-state index is 6.20. The molecule has 0 saturated carbocycles. The van der Waals surface area contributed by atoms with Gasteiger partial charge in [0, 0.05) is 12.5 Å². The zero-order valence-electron chi connectivity index (χ0n) is 11.5. The van der Waals surface area contributed by atoms with Crippen LogP contribution >= 0.6 is 0 Å². The summed E-state index contributed by atoms with van der Waals surface area (Å²) < 4.78 is 5.77. The molecular formula is C17H18N2O. The molecule has 2 aromatic carbocycles. The Labute approximate surface area is 118 Å². The first-order valence-corrected chi connectivity index (χ1v) is 6.89. The first-order chi connectivity index (χ1) is 9.74. The van der Waals surface area contributed by atoms with Crippen LogP contribution in [0, 0.1) is 6.92 Å². The van der Waals surface area contributed by atoms with Crippen molar-refractivity contribution in [3.8, 4) is 0 Å². The Balaban J connectivity index is 1.72. The van der Waals surface area contributed by atoms with E-state index in [1.807, 2.05) is 43.3 Å². The Bertz CT molecular complexity index is 703. The predicted octanol–water partition coefficient (Wildman–Crippen LogP) is 3.77. The molecule has 2 N–H and O–H groups in total. The van der Waals surface area contributed by atoms with Gasteiger partial charge in [-0.05, 0) is 30.5 Å². The summed E-state index contributed by atoms with van der Waals surface area (Å²) in [5.41, 5.74) is 10.3. The number of aromatic nitrogens is 1. The fourth-order valence-electron chi connectivity index (χ4n) is 2.38.